The fourth-order valence-corrected chi connectivity index (χ4v) is 1.49. The molecule has 104 valence electrons. The van der Waals surface area contributed by atoms with E-state index in [2.05, 4.69) is 20.3 Å². The van der Waals surface area contributed by atoms with Gasteiger partial charge in [-0.15, -0.1) is 0 Å². The molecule has 2 rings (SSSR count). The van der Waals surface area contributed by atoms with Gasteiger partial charge in [-0.3, -0.25) is 10.1 Å². The van der Waals surface area contributed by atoms with E-state index in [1.54, 1.807) is 38.2 Å². The zero-order valence-electron chi connectivity index (χ0n) is 11.0. The van der Waals surface area contributed by atoms with Crippen LogP contribution in [-0.2, 0) is 0 Å². The van der Waals surface area contributed by atoms with Crippen molar-refractivity contribution in [1.82, 2.24) is 15.0 Å². The van der Waals surface area contributed by atoms with Crippen LogP contribution in [0.25, 0.3) is 0 Å². The minimum absolute atomic E-state index is 0.0411. The molecule has 0 saturated heterocycles. The molecule has 0 aromatic carbocycles. The van der Waals surface area contributed by atoms with Gasteiger partial charge < -0.3 is 10.1 Å². The molecule has 2 aromatic rings. The monoisotopic (exact) mass is 275 g/mol. The molecule has 0 amide bonds. The molecule has 0 aliphatic carbocycles. The van der Waals surface area contributed by atoms with Gasteiger partial charge in [0.2, 0.25) is 5.82 Å². The summed E-state index contributed by atoms with van der Waals surface area (Å²) in [6, 6.07) is 5.18. The van der Waals surface area contributed by atoms with Crippen molar-refractivity contribution in [2.75, 3.05) is 5.32 Å². The molecule has 8 heteroatoms. The maximum absolute atomic E-state index is 11.2. The van der Waals surface area contributed by atoms with Gasteiger partial charge in [-0.2, -0.15) is 4.98 Å². The average Bonchev–Trinajstić information content (AvgIpc) is 2.39. The highest BCUT2D eigenvalue weighted by atomic mass is 16.6. The lowest BCUT2D eigenvalue weighted by atomic mass is 10.4. The highest BCUT2D eigenvalue weighted by Gasteiger charge is 2.25. The maximum Gasteiger partial charge on any atom is 0.373 e. The summed E-state index contributed by atoms with van der Waals surface area (Å²) >= 11 is 0. The molecular weight excluding hydrogens is 262 g/mol. The van der Waals surface area contributed by atoms with Crippen LogP contribution in [0, 0.1) is 10.1 Å². The molecule has 0 saturated carbocycles. The van der Waals surface area contributed by atoms with Crippen molar-refractivity contribution in [2.45, 2.75) is 20.0 Å². The Kier molecular flexibility index (Phi) is 4.04. The largest absolute Gasteiger partial charge is 0.470 e. The van der Waals surface area contributed by atoms with Gasteiger partial charge in [0, 0.05) is 6.20 Å². The van der Waals surface area contributed by atoms with Crippen molar-refractivity contribution in [3.8, 4) is 5.88 Å². The number of nitrogens with zero attached hydrogens (tertiary/aromatic N) is 4. The summed E-state index contributed by atoms with van der Waals surface area (Å²) in [5, 5.41) is 14.0. The molecule has 0 unspecified atom stereocenters. The standard InChI is InChI=1S/C12H13N5O3/c1-8(2)20-12-10(17(18)19)11(14-7-15-12)16-9-5-3-4-6-13-9/h3-8H,1-2H3,(H,13,14,15,16). The molecule has 8 nitrogen and oxygen atoms in total. The summed E-state index contributed by atoms with van der Waals surface area (Å²) in [5.74, 6) is 0.419. The van der Waals surface area contributed by atoms with Crippen LogP contribution >= 0.6 is 0 Å². The lowest BCUT2D eigenvalue weighted by Crippen LogP contribution is -2.11. The first-order chi connectivity index (χ1) is 9.58. The third-order valence-corrected chi connectivity index (χ3v) is 2.23. The second-order valence-electron chi connectivity index (χ2n) is 4.14. The van der Waals surface area contributed by atoms with Crippen LogP contribution in [0.5, 0.6) is 5.88 Å². The van der Waals surface area contributed by atoms with Crippen molar-refractivity contribution in [2.24, 2.45) is 0 Å². The molecule has 20 heavy (non-hydrogen) atoms. The van der Waals surface area contributed by atoms with Crippen molar-refractivity contribution < 1.29 is 9.66 Å². The Balaban J connectivity index is 2.39. The molecule has 0 aliphatic heterocycles. The predicted octanol–water partition coefficient (Wildman–Crippen LogP) is 2.31. The van der Waals surface area contributed by atoms with E-state index < -0.39 is 4.92 Å². The van der Waals surface area contributed by atoms with Gasteiger partial charge in [-0.1, -0.05) is 6.07 Å². The van der Waals surface area contributed by atoms with Crippen LogP contribution in [0.15, 0.2) is 30.7 Å². The number of ether oxygens (including phenoxy) is 1. The van der Waals surface area contributed by atoms with E-state index in [1.807, 2.05) is 0 Å². The lowest BCUT2D eigenvalue weighted by Gasteiger charge is -2.10. The van der Waals surface area contributed by atoms with Crippen molar-refractivity contribution >= 4 is 17.3 Å². The molecule has 0 bridgehead atoms. The molecule has 0 atom stereocenters. The Labute approximate surface area is 115 Å². The smallest absolute Gasteiger partial charge is 0.373 e. The SMILES string of the molecule is CC(C)Oc1ncnc(Nc2ccccn2)c1[N+](=O)[O-]. The van der Waals surface area contributed by atoms with Crippen LogP contribution in [-0.4, -0.2) is 26.0 Å². The quantitative estimate of drug-likeness (QED) is 0.659. The van der Waals surface area contributed by atoms with Crippen LogP contribution in [0.4, 0.5) is 17.3 Å². The van der Waals surface area contributed by atoms with Gasteiger partial charge in [-0.25, -0.2) is 9.97 Å². The van der Waals surface area contributed by atoms with Gasteiger partial charge in [0.1, 0.15) is 12.1 Å². The normalized spacial score (nSPS) is 10.3. The third kappa shape index (κ3) is 3.16. The number of rotatable bonds is 5. The summed E-state index contributed by atoms with van der Waals surface area (Å²) in [5.41, 5.74) is -0.313. The van der Waals surface area contributed by atoms with Gasteiger partial charge in [-0.05, 0) is 26.0 Å². The molecule has 2 heterocycles. The first kappa shape index (κ1) is 13.7. The Hall–Kier alpha value is -2.77. The van der Waals surface area contributed by atoms with Crippen LogP contribution in [0.1, 0.15) is 13.8 Å². The molecule has 0 fully saturated rings. The molecule has 0 aliphatic rings. The molecule has 0 radical (unpaired) electrons. The van der Waals surface area contributed by atoms with Gasteiger partial charge in [0.05, 0.1) is 11.0 Å². The predicted molar refractivity (Wildman–Crippen MR) is 72.0 cm³/mol. The topological polar surface area (TPSA) is 103 Å². The maximum atomic E-state index is 11.2. The number of anilines is 2. The van der Waals surface area contributed by atoms with E-state index in [0.717, 1.165) is 0 Å². The number of aromatic nitrogens is 3. The minimum Gasteiger partial charge on any atom is -0.470 e. The summed E-state index contributed by atoms with van der Waals surface area (Å²) in [6.07, 6.45) is 2.54. The summed E-state index contributed by atoms with van der Waals surface area (Å²) in [4.78, 5) is 22.3. The summed E-state index contributed by atoms with van der Waals surface area (Å²) < 4.78 is 5.33. The number of nitro groups is 1. The van der Waals surface area contributed by atoms with Crippen molar-refractivity contribution in [1.29, 1.82) is 0 Å². The first-order valence-corrected chi connectivity index (χ1v) is 5.92. The zero-order chi connectivity index (χ0) is 14.5. The first-order valence-electron chi connectivity index (χ1n) is 5.92. The molecule has 0 spiro atoms. The van der Waals surface area contributed by atoms with E-state index in [4.69, 9.17) is 4.74 Å². The van der Waals surface area contributed by atoms with E-state index in [1.165, 1.54) is 6.33 Å². The van der Waals surface area contributed by atoms with E-state index in [9.17, 15) is 10.1 Å². The van der Waals surface area contributed by atoms with E-state index in [-0.39, 0.29) is 23.5 Å². The molecule has 2 aromatic heterocycles. The number of hydrogen-bond donors (Lipinski definition) is 1. The Bertz CT molecular complexity index is 603. The third-order valence-electron chi connectivity index (χ3n) is 2.23. The highest BCUT2D eigenvalue weighted by Crippen LogP contribution is 2.32. The van der Waals surface area contributed by atoms with Gasteiger partial charge in [0.15, 0.2) is 0 Å². The summed E-state index contributed by atoms with van der Waals surface area (Å²) in [7, 11) is 0. The van der Waals surface area contributed by atoms with Crippen molar-refractivity contribution in [3.63, 3.8) is 0 Å². The van der Waals surface area contributed by atoms with Gasteiger partial charge in [0.25, 0.3) is 5.88 Å². The van der Waals surface area contributed by atoms with Gasteiger partial charge >= 0.3 is 5.69 Å². The highest BCUT2D eigenvalue weighted by molar-refractivity contribution is 5.66. The fourth-order valence-electron chi connectivity index (χ4n) is 1.49. The Morgan fingerprint density at radius 1 is 1.30 bits per heavy atom. The molecule has 1 N–H and O–H groups in total. The fraction of sp³-hybridized carbons (Fsp3) is 0.250. The minimum atomic E-state index is -0.580. The van der Waals surface area contributed by atoms with Crippen molar-refractivity contribution in [3.05, 3.63) is 40.8 Å². The van der Waals surface area contributed by atoms with Crippen LogP contribution in [0.3, 0.4) is 0 Å². The zero-order valence-corrected chi connectivity index (χ0v) is 11.0. The second kappa shape index (κ2) is 5.91. The number of pyridine rings is 1. The second-order valence-corrected chi connectivity index (χ2v) is 4.14. The molecular formula is C12H13N5O3. The van der Waals surface area contributed by atoms with E-state index in [0.29, 0.717) is 5.82 Å². The lowest BCUT2D eigenvalue weighted by molar-refractivity contribution is -0.385. The Morgan fingerprint density at radius 3 is 2.70 bits per heavy atom. The Morgan fingerprint density at radius 2 is 2.10 bits per heavy atom. The summed E-state index contributed by atoms with van der Waals surface area (Å²) in [6.45, 7) is 3.52. The van der Waals surface area contributed by atoms with E-state index >= 15 is 0 Å². The number of nitrogens with one attached hydrogen (secondary N) is 1. The van der Waals surface area contributed by atoms with Crippen LogP contribution in [0.2, 0.25) is 0 Å². The number of hydrogen-bond acceptors (Lipinski definition) is 7. The average molecular weight is 275 g/mol. The van der Waals surface area contributed by atoms with Crippen LogP contribution < -0.4 is 10.1 Å².